The molecule has 0 aliphatic carbocycles. The summed E-state index contributed by atoms with van der Waals surface area (Å²) in [5.41, 5.74) is 0.211. The quantitative estimate of drug-likeness (QED) is 0.765. The van der Waals surface area contributed by atoms with Gasteiger partial charge in [0.25, 0.3) is 5.56 Å². The lowest BCUT2D eigenvalue weighted by Gasteiger charge is -2.04. The largest absolute Gasteiger partial charge is 0.469 e. The third-order valence-corrected chi connectivity index (χ3v) is 2.69. The molecule has 1 aromatic heterocycles. The van der Waals surface area contributed by atoms with Crippen LogP contribution in [-0.4, -0.2) is 23.0 Å². The highest BCUT2D eigenvalue weighted by molar-refractivity contribution is 5.81. The molecular formula is C12H12N2O4. The van der Waals surface area contributed by atoms with Gasteiger partial charge in [0.2, 0.25) is 0 Å². The first-order valence-corrected chi connectivity index (χ1v) is 5.43. The standard InChI is InChI=1S/C12H12N2O4/c1-18-9(15)6-5-7-3-2-4-8-10(7)13-12(17)14-11(8)16/h2-4H,5-6H2,1H3,(H2,13,14,16,17). The number of esters is 1. The number of ether oxygens (including phenoxy) is 1. The number of carbonyl (C=O) groups is 1. The Morgan fingerprint density at radius 2 is 2.06 bits per heavy atom. The van der Waals surface area contributed by atoms with Crippen molar-refractivity contribution in [3.8, 4) is 0 Å². The molecule has 0 atom stereocenters. The van der Waals surface area contributed by atoms with E-state index in [2.05, 4.69) is 14.7 Å². The maximum atomic E-state index is 11.6. The molecule has 0 amide bonds. The smallest absolute Gasteiger partial charge is 0.326 e. The van der Waals surface area contributed by atoms with Crippen LogP contribution in [0.1, 0.15) is 12.0 Å². The summed E-state index contributed by atoms with van der Waals surface area (Å²) in [6, 6.07) is 5.09. The summed E-state index contributed by atoms with van der Waals surface area (Å²) in [5.74, 6) is -0.334. The van der Waals surface area contributed by atoms with Gasteiger partial charge in [-0.1, -0.05) is 12.1 Å². The van der Waals surface area contributed by atoms with Crippen LogP contribution in [0.3, 0.4) is 0 Å². The Bertz CT molecular complexity index is 699. The number of hydrogen-bond acceptors (Lipinski definition) is 4. The van der Waals surface area contributed by atoms with E-state index in [0.717, 1.165) is 5.56 Å². The average molecular weight is 248 g/mol. The maximum Gasteiger partial charge on any atom is 0.326 e. The van der Waals surface area contributed by atoms with Crippen molar-refractivity contribution in [1.29, 1.82) is 0 Å². The summed E-state index contributed by atoms with van der Waals surface area (Å²) < 4.78 is 4.55. The number of benzene rings is 1. The molecule has 1 aromatic carbocycles. The number of nitrogens with one attached hydrogen (secondary N) is 2. The Labute approximate surface area is 102 Å². The van der Waals surface area contributed by atoms with Crippen molar-refractivity contribution in [1.82, 2.24) is 9.97 Å². The zero-order valence-corrected chi connectivity index (χ0v) is 9.78. The molecule has 6 nitrogen and oxygen atoms in total. The van der Waals surface area contributed by atoms with Crippen LogP contribution in [0.5, 0.6) is 0 Å². The van der Waals surface area contributed by atoms with Crippen molar-refractivity contribution in [2.75, 3.05) is 7.11 Å². The highest BCUT2D eigenvalue weighted by Gasteiger charge is 2.07. The SMILES string of the molecule is COC(=O)CCc1cccc2c(=O)[nH]c(=O)[nH]c12. The molecule has 0 fully saturated rings. The highest BCUT2D eigenvalue weighted by Crippen LogP contribution is 2.13. The van der Waals surface area contributed by atoms with Crippen LogP contribution >= 0.6 is 0 Å². The summed E-state index contributed by atoms with van der Waals surface area (Å²) in [6.07, 6.45) is 0.605. The van der Waals surface area contributed by atoms with E-state index in [1.54, 1.807) is 18.2 Å². The van der Waals surface area contributed by atoms with E-state index >= 15 is 0 Å². The number of para-hydroxylation sites is 1. The fraction of sp³-hybridized carbons (Fsp3) is 0.250. The van der Waals surface area contributed by atoms with Gasteiger partial charge in [0.05, 0.1) is 18.0 Å². The second kappa shape index (κ2) is 4.87. The molecule has 0 radical (unpaired) electrons. The predicted molar refractivity (Wildman–Crippen MR) is 65.5 cm³/mol. The first-order chi connectivity index (χ1) is 8.61. The molecule has 2 rings (SSSR count). The molecule has 2 aromatic rings. The van der Waals surface area contributed by atoms with Gasteiger partial charge in [-0.15, -0.1) is 0 Å². The minimum absolute atomic E-state index is 0.199. The summed E-state index contributed by atoms with van der Waals surface area (Å²) in [5, 5.41) is 0.400. The van der Waals surface area contributed by atoms with Gasteiger partial charge in [-0.05, 0) is 18.1 Å². The number of methoxy groups -OCH3 is 1. The van der Waals surface area contributed by atoms with Crippen LogP contribution in [0.2, 0.25) is 0 Å². The lowest BCUT2D eigenvalue weighted by atomic mass is 10.1. The first kappa shape index (κ1) is 12.1. The number of aromatic nitrogens is 2. The van der Waals surface area contributed by atoms with E-state index in [1.165, 1.54) is 7.11 Å². The second-order valence-electron chi connectivity index (χ2n) is 3.82. The first-order valence-electron chi connectivity index (χ1n) is 5.43. The number of rotatable bonds is 3. The van der Waals surface area contributed by atoms with E-state index in [-0.39, 0.29) is 12.4 Å². The summed E-state index contributed by atoms with van der Waals surface area (Å²) in [6.45, 7) is 0. The van der Waals surface area contributed by atoms with Crippen molar-refractivity contribution >= 4 is 16.9 Å². The van der Waals surface area contributed by atoms with Gasteiger partial charge in [0.1, 0.15) is 0 Å². The molecule has 0 aliphatic heterocycles. The topological polar surface area (TPSA) is 92.0 Å². The van der Waals surface area contributed by atoms with E-state index in [0.29, 0.717) is 17.3 Å². The van der Waals surface area contributed by atoms with Gasteiger partial charge in [-0.3, -0.25) is 14.6 Å². The lowest BCUT2D eigenvalue weighted by Crippen LogP contribution is -2.22. The minimum Gasteiger partial charge on any atom is -0.469 e. The minimum atomic E-state index is -0.557. The molecule has 6 heteroatoms. The van der Waals surface area contributed by atoms with Crippen LogP contribution in [0.15, 0.2) is 27.8 Å². The summed E-state index contributed by atoms with van der Waals surface area (Å²) in [4.78, 5) is 38.7. The third kappa shape index (κ3) is 2.32. The molecule has 0 bridgehead atoms. The van der Waals surface area contributed by atoms with Gasteiger partial charge in [0.15, 0.2) is 0 Å². The van der Waals surface area contributed by atoms with Gasteiger partial charge in [-0.25, -0.2) is 4.79 Å². The van der Waals surface area contributed by atoms with Gasteiger partial charge in [-0.2, -0.15) is 0 Å². The molecule has 18 heavy (non-hydrogen) atoms. The molecule has 0 spiro atoms. The van der Waals surface area contributed by atoms with E-state index in [4.69, 9.17) is 0 Å². The normalized spacial score (nSPS) is 10.5. The maximum absolute atomic E-state index is 11.6. The van der Waals surface area contributed by atoms with E-state index in [1.807, 2.05) is 0 Å². The number of H-pyrrole nitrogens is 2. The Balaban J connectivity index is 2.48. The Kier molecular flexibility index (Phi) is 3.27. The highest BCUT2D eigenvalue weighted by atomic mass is 16.5. The summed E-state index contributed by atoms with van der Waals surface area (Å²) >= 11 is 0. The van der Waals surface area contributed by atoms with E-state index in [9.17, 15) is 14.4 Å². The van der Waals surface area contributed by atoms with Crippen LogP contribution in [-0.2, 0) is 16.0 Å². The van der Waals surface area contributed by atoms with Crippen molar-refractivity contribution in [3.05, 3.63) is 44.6 Å². The monoisotopic (exact) mass is 248 g/mol. The fourth-order valence-electron chi connectivity index (χ4n) is 1.80. The third-order valence-electron chi connectivity index (χ3n) is 2.69. The Morgan fingerprint density at radius 3 is 2.78 bits per heavy atom. The predicted octanol–water partition coefficient (Wildman–Crippen LogP) is 0.322. The second-order valence-corrected chi connectivity index (χ2v) is 3.82. The average Bonchev–Trinajstić information content (AvgIpc) is 2.36. The molecule has 0 aliphatic rings. The Morgan fingerprint density at radius 1 is 1.28 bits per heavy atom. The molecule has 0 saturated heterocycles. The molecule has 0 unspecified atom stereocenters. The molecule has 2 N–H and O–H groups in total. The number of carbonyl (C=O) groups excluding carboxylic acids is 1. The Hall–Kier alpha value is -2.37. The number of aryl methyl sites for hydroxylation is 1. The van der Waals surface area contributed by atoms with E-state index < -0.39 is 11.2 Å². The summed E-state index contributed by atoms with van der Waals surface area (Å²) in [7, 11) is 1.32. The van der Waals surface area contributed by atoms with Crippen LogP contribution in [0.4, 0.5) is 0 Å². The van der Waals surface area contributed by atoms with Crippen LogP contribution < -0.4 is 11.2 Å². The zero-order chi connectivity index (χ0) is 13.1. The van der Waals surface area contributed by atoms with Crippen LogP contribution in [0, 0.1) is 0 Å². The van der Waals surface area contributed by atoms with Gasteiger partial charge >= 0.3 is 11.7 Å². The fourth-order valence-corrected chi connectivity index (χ4v) is 1.80. The molecule has 0 saturated carbocycles. The van der Waals surface area contributed by atoms with Gasteiger partial charge in [0, 0.05) is 6.42 Å². The molecular weight excluding hydrogens is 236 g/mol. The van der Waals surface area contributed by atoms with Crippen molar-refractivity contribution < 1.29 is 9.53 Å². The number of aromatic amines is 2. The lowest BCUT2D eigenvalue weighted by molar-refractivity contribution is -0.140. The number of hydrogen-bond donors (Lipinski definition) is 2. The van der Waals surface area contributed by atoms with Crippen molar-refractivity contribution in [2.24, 2.45) is 0 Å². The van der Waals surface area contributed by atoms with Crippen LogP contribution in [0.25, 0.3) is 10.9 Å². The van der Waals surface area contributed by atoms with Crippen molar-refractivity contribution in [2.45, 2.75) is 12.8 Å². The van der Waals surface area contributed by atoms with Gasteiger partial charge < -0.3 is 9.72 Å². The number of fused-ring (bicyclic) bond motifs is 1. The van der Waals surface area contributed by atoms with Crippen molar-refractivity contribution in [3.63, 3.8) is 0 Å². The molecule has 1 heterocycles. The molecule has 94 valence electrons. The zero-order valence-electron chi connectivity index (χ0n) is 9.78.